The summed E-state index contributed by atoms with van der Waals surface area (Å²) in [6.07, 6.45) is -0.468. The standard InChI is InChI=1S/C42H48F3N9O6/c1-41(2,60)32-23-34-26(21-35(32)48-38(57)33-5-4-6-36(47-33)42(43,44)45)24-53(49-34)27-11-13-50(14-12-27)15-16-51-17-19-52(20-18-51)28-7-9-30-31(22-28)40(59)54(39(30)58)29(25-55)8-10-37(56)46-3/h4-7,9,21-25,27,29,60H,8,10-20H2,1-3H3,(H,46,56)(H,48,57). The summed E-state index contributed by atoms with van der Waals surface area (Å²) in [6, 6.07) is 10.8. The van der Waals surface area contributed by atoms with Crippen molar-refractivity contribution in [2.75, 3.05) is 69.6 Å². The first kappa shape index (κ1) is 42.4. The van der Waals surface area contributed by atoms with E-state index in [-0.39, 0.29) is 41.6 Å². The predicted molar refractivity (Wildman–Crippen MR) is 216 cm³/mol. The van der Waals surface area contributed by atoms with Crippen molar-refractivity contribution in [3.63, 3.8) is 0 Å². The molecule has 3 N–H and O–H groups in total. The lowest BCUT2D eigenvalue weighted by atomic mass is 9.95. The lowest BCUT2D eigenvalue weighted by Gasteiger charge is -2.38. The first-order chi connectivity index (χ1) is 28.5. The van der Waals surface area contributed by atoms with Gasteiger partial charge in [0.25, 0.3) is 17.7 Å². The van der Waals surface area contributed by atoms with Crippen molar-refractivity contribution in [2.45, 2.75) is 63.4 Å². The van der Waals surface area contributed by atoms with Gasteiger partial charge in [0.05, 0.1) is 34.3 Å². The summed E-state index contributed by atoms with van der Waals surface area (Å²) in [7, 11) is 1.48. The number of fused-ring (bicyclic) bond motifs is 2. The Morgan fingerprint density at radius 3 is 2.27 bits per heavy atom. The SMILES string of the molecule is CNC(=O)CCC(C=O)N1C(=O)c2ccc(N3CCN(CCN4CCC(n5cc6cc(NC(=O)c7cccc(C(F)(F)F)n7)c(C(C)(C)O)cc6n5)CC4)CC3)cc2C1=O. The maximum atomic E-state index is 13.3. The highest BCUT2D eigenvalue weighted by Crippen LogP contribution is 2.35. The highest BCUT2D eigenvalue weighted by atomic mass is 19.4. The molecule has 4 amide bonds. The van der Waals surface area contributed by atoms with Crippen LogP contribution in [-0.4, -0.2) is 130 Å². The number of nitrogens with zero attached hydrogens (tertiary/aromatic N) is 7. The molecule has 7 rings (SSSR count). The fourth-order valence-corrected chi connectivity index (χ4v) is 8.12. The Labute approximate surface area is 344 Å². The molecule has 4 aromatic rings. The minimum Gasteiger partial charge on any atom is -0.386 e. The minimum atomic E-state index is -4.70. The predicted octanol–water partition coefficient (Wildman–Crippen LogP) is 4.08. The number of carbonyl (C=O) groups excluding carboxylic acids is 5. The molecule has 2 saturated heterocycles. The number of carbonyl (C=O) groups is 5. The summed E-state index contributed by atoms with van der Waals surface area (Å²) in [5.41, 5.74) is -0.386. The zero-order chi connectivity index (χ0) is 42.9. The van der Waals surface area contributed by atoms with Gasteiger partial charge < -0.3 is 30.3 Å². The van der Waals surface area contributed by atoms with Gasteiger partial charge in [0.2, 0.25) is 5.91 Å². The monoisotopic (exact) mass is 831 g/mol. The van der Waals surface area contributed by atoms with Crippen LogP contribution >= 0.6 is 0 Å². The molecule has 60 heavy (non-hydrogen) atoms. The molecule has 0 spiro atoms. The van der Waals surface area contributed by atoms with Crippen molar-refractivity contribution >= 4 is 52.2 Å². The van der Waals surface area contributed by atoms with Crippen molar-refractivity contribution in [3.05, 3.63) is 82.8 Å². The van der Waals surface area contributed by atoms with Gasteiger partial charge in [-0.1, -0.05) is 6.07 Å². The number of aromatic nitrogens is 3. The Hall–Kier alpha value is -5.72. The fraction of sp³-hybridized carbons (Fsp3) is 0.452. The number of amides is 4. The summed E-state index contributed by atoms with van der Waals surface area (Å²) in [4.78, 5) is 74.5. The van der Waals surface area contributed by atoms with Crippen molar-refractivity contribution in [2.24, 2.45) is 0 Å². The number of hydrogen-bond donors (Lipinski definition) is 3. The van der Waals surface area contributed by atoms with Crippen LogP contribution in [0.3, 0.4) is 0 Å². The number of imide groups is 1. The van der Waals surface area contributed by atoms with Crippen LogP contribution in [0.5, 0.6) is 0 Å². The van der Waals surface area contributed by atoms with E-state index in [1.54, 1.807) is 38.1 Å². The molecule has 5 heterocycles. The Morgan fingerprint density at radius 2 is 1.62 bits per heavy atom. The number of piperazine rings is 1. The van der Waals surface area contributed by atoms with Gasteiger partial charge in [-0.2, -0.15) is 18.3 Å². The quantitative estimate of drug-likeness (QED) is 0.131. The number of nitrogens with one attached hydrogen (secondary N) is 2. The molecule has 18 heteroatoms. The number of likely N-dealkylation sites (tertiary alicyclic amines) is 1. The number of piperidine rings is 1. The Kier molecular flexibility index (Phi) is 12.1. The van der Waals surface area contributed by atoms with Gasteiger partial charge in [0, 0.05) is 94.3 Å². The second kappa shape index (κ2) is 17.1. The number of hydrogen-bond acceptors (Lipinski definition) is 11. The van der Waals surface area contributed by atoms with Crippen molar-refractivity contribution < 1.29 is 42.3 Å². The van der Waals surface area contributed by atoms with Crippen LogP contribution in [0.15, 0.2) is 54.7 Å². The van der Waals surface area contributed by atoms with Gasteiger partial charge in [0.1, 0.15) is 17.7 Å². The molecule has 0 radical (unpaired) electrons. The third-order valence-electron chi connectivity index (χ3n) is 11.6. The molecule has 1 unspecified atom stereocenters. The van der Waals surface area contributed by atoms with Crippen LogP contribution in [0.4, 0.5) is 24.5 Å². The van der Waals surface area contributed by atoms with Crippen LogP contribution in [0, 0.1) is 0 Å². The summed E-state index contributed by atoms with van der Waals surface area (Å²) in [6.45, 7) is 9.78. The zero-order valence-corrected chi connectivity index (χ0v) is 33.7. The summed E-state index contributed by atoms with van der Waals surface area (Å²) >= 11 is 0. The van der Waals surface area contributed by atoms with E-state index in [2.05, 4.69) is 30.3 Å². The fourth-order valence-electron chi connectivity index (χ4n) is 8.12. The first-order valence-electron chi connectivity index (χ1n) is 20.0. The summed E-state index contributed by atoms with van der Waals surface area (Å²) in [5, 5.41) is 21.6. The van der Waals surface area contributed by atoms with Crippen LogP contribution in [-0.2, 0) is 21.4 Å². The molecule has 2 aromatic heterocycles. The lowest BCUT2D eigenvalue weighted by molar-refractivity contribution is -0.141. The van der Waals surface area contributed by atoms with E-state index < -0.39 is 46.9 Å². The van der Waals surface area contributed by atoms with Gasteiger partial charge >= 0.3 is 6.18 Å². The second-order valence-electron chi connectivity index (χ2n) is 16.0. The molecule has 2 aromatic carbocycles. The third kappa shape index (κ3) is 9.05. The Balaban J connectivity index is 0.909. The number of benzene rings is 2. The Bertz CT molecular complexity index is 2290. The average Bonchev–Trinajstić information content (AvgIpc) is 3.76. The maximum absolute atomic E-state index is 13.3. The molecule has 0 aliphatic carbocycles. The van der Waals surface area contributed by atoms with Crippen molar-refractivity contribution in [1.29, 1.82) is 0 Å². The van der Waals surface area contributed by atoms with Gasteiger partial charge in [-0.25, -0.2) is 4.98 Å². The number of alkyl halides is 3. The molecule has 0 saturated carbocycles. The van der Waals surface area contributed by atoms with Crippen LogP contribution in [0.1, 0.15) is 88.0 Å². The number of pyridine rings is 1. The first-order valence-corrected chi connectivity index (χ1v) is 20.0. The van der Waals surface area contributed by atoms with E-state index in [0.29, 0.717) is 22.8 Å². The number of aldehydes is 1. The van der Waals surface area contributed by atoms with E-state index in [9.17, 15) is 42.3 Å². The largest absolute Gasteiger partial charge is 0.433 e. The highest BCUT2D eigenvalue weighted by molar-refractivity contribution is 6.22. The normalized spacial score (nSPS) is 17.6. The Morgan fingerprint density at radius 1 is 0.933 bits per heavy atom. The van der Waals surface area contributed by atoms with Gasteiger partial charge in [-0.05, 0) is 75.6 Å². The van der Waals surface area contributed by atoms with Gasteiger partial charge in [0.15, 0.2) is 0 Å². The van der Waals surface area contributed by atoms with Crippen LogP contribution < -0.4 is 15.5 Å². The number of aliphatic hydroxyl groups is 1. The molecule has 3 aliphatic rings. The minimum absolute atomic E-state index is 0.0164. The smallest absolute Gasteiger partial charge is 0.386 e. The van der Waals surface area contributed by atoms with Crippen LogP contribution in [0.25, 0.3) is 10.9 Å². The van der Waals surface area contributed by atoms with Gasteiger partial charge in [-0.15, -0.1) is 0 Å². The van der Waals surface area contributed by atoms with Crippen molar-refractivity contribution in [3.8, 4) is 0 Å². The number of rotatable bonds is 13. The average molecular weight is 832 g/mol. The third-order valence-corrected chi connectivity index (χ3v) is 11.6. The van der Waals surface area contributed by atoms with E-state index in [4.69, 9.17) is 5.10 Å². The molecular weight excluding hydrogens is 784 g/mol. The highest BCUT2D eigenvalue weighted by Gasteiger charge is 2.40. The molecular formula is C42H48F3N9O6. The number of anilines is 2. The lowest BCUT2D eigenvalue weighted by Crippen LogP contribution is -2.49. The molecule has 318 valence electrons. The molecule has 15 nitrogen and oxygen atoms in total. The van der Waals surface area contributed by atoms with E-state index >= 15 is 0 Å². The van der Waals surface area contributed by atoms with E-state index in [1.807, 2.05) is 16.9 Å². The van der Waals surface area contributed by atoms with Crippen molar-refractivity contribution in [1.82, 2.24) is 34.8 Å². The number of halogens is 3. The molecule has 0 bridgehead atoms. The molecule has 2 fully saturated rings. The van der Waals surface area contributed by atoms with E-state index in [0.717, 1.165) is 87.9 Å². The topological polar surface area (TPSA) is 173 Å². The molecule has 1 atom stereocenters. The molecule has 3 aliphatic heterocycles. The second-order valence-corrected chi connectivity index (χ2v) is 16.0. The van der Waals surface area contributed by atoms with E-state index in [1.165, 1.54) is 13.1 Å². The summed E-state index contributed by atoms with van der Waals surface area (Å²) < 4.78 is 41.7. The van der Waals surface area contributed by atoms with Crippen LogP contribution in [0.2, 0.25) is 0 Å². The maximum Gasteiger partial charge on any atom is 0.433 e. The zero-order valence-electron chi connectivity index (χ0n) is 33.7. The van der Waals surface area contributed by atoms with Gasteiger partial charge in [-0.3, -0.25) is 33.7 Å². The summed E-state index contributed by atoms with van der Waals surface area (Å²) in [5.74, 6) is -2.17.